The normalized spacial score (nSPS) is 9.93. The molecule has 2 N–H and O–H groups in total. The molecule has 0 atom stereocenters. The van der Waals surface area contributed by atoms with E-state index in [1.807, 2.05) is 37.3 Å². The Morgan fingerprint density at radius 1 is 1.27 bits per heavy atom. The van der Waals surface area contributed by atoms with E-state index in [2.05, 4.69) is 20.5 Å². The zero-order chi connectivity index (χ0) is 10.7. The van der Waals surface area contributed by atoms with Crippen molar-refractivity contribution in [2.24, 2.45) is 0 Å². The van der Waals surface area contributed by atoms with Crippen LogP contribution in [0.2, 0.25) is 0 Å². The summed E-state index contributed by atoms with van der Waals surface area (Å²) in [6.07, 6.45) is 0. The number of nitrogens with one attached hydrogen (secondary N) is 2. The quantitative estimate of drug-likeness (QED) is 0.761. The number of rotatable bonds is 2. The summed E-state index contributed by atoms with van der Waals surface area (Å²) in [6, 6.07) is 9.78. The molecular weight excluding hydrogens is 208 g/mol. The van der Waals surface area contributed by atoms with E-state index in [1.54, 1.807) is 0 Å². The van der Waals surface area contributed by atoms with Crippen molar-refractivity contribution in [2.75, 3.05) is 5.32 Å². The average Bonchev–Trinajstić information content (AvgIpc) is 2.25. The van der Waals surface area contributed by atoms with Crippen molar-refractivity contribution in [3.63, 3.8) is 0 Å². The lowest BCUT2D eigenvalue weighted by atomic mass is 10.3. The molecule has 5 heteroatoms. The maximum absolute atomic E-state index is 4.91. The van der Waals surface area contributed by atoms with Crippen LogP contribution in [-0.2, 0) is 0 Å². The molecule has 0 fully saturated rings. The number of aromatic nitrogens is 3. The smallest absolute Gasteiger partial charge is 0.215 e. The van der Waals surface area contributed by atoms with Crippen molar-refractivity contribution >= 4 is 23.7 Å². The molecule has 1 aromatic carbocycles. The molecule has 76 valence electrons. The second-order valence-corrected chi connectivity index (χ2v) is 3.45. The van der Waals surface area contributed by atoms with Crippen LogP contribution in [0.4, 0.5) is 11.5 Å². The second-order valence-electron chi connectivity index (χ2n) is 3.07. The lowest BCUT2D eigenvalue weighted by Gasteiger charge is -2.06. The molecule has 0 spiro atoms. The molecule has 0 aliphatic rings. The van der Waals surface area contributed by atoms with Crippen LogP contribution in [0, 0.1) is 11.7 Å². The van der Waals surface area contributed by atoms with Gasteiger partial charge in [-0.25, -0.2) is 0 Å². The highest BCUT2D eigenvalue weighted by Crippen LogP contribution is 2.14. The van der Waals surface area contributed by atoms with Crippen LogP contribution in [0.3, 0.4) is 0 Å². The Hall–Kier alpha value is -1.75. The summed E-state index contributed by atoms with van der Waals surface area (Å²) < 4.78 is 0.374. The summed E-state index contributed by atoms with van der Waals surface area (Å²) in [7, 11) is 0. The third kappa shape index (κ3) is 2.38. The average molecular weight is 218 g/mol. The number of nitrogens with zero attached hydrogens (tertiary/aromatic N) is 2. The molecule has 2 rings (SSSR count). The molecule has 0 saturated heterocycles. The van der Waals surface area contributed by atoms with Crippen LogP contribution in [0.15, 0.2) is 30.3 Å². The lowest BCUT2D eigenvalue weighted by Crippen LogP contribution is -2.00. The van der Waals surface area contributed by atoms with Crippen LogP contribution in [-0.4, -0.2) is 15.2 Å². The van der Waals surface area contributed by atoms with Crippen molar-refractivity contribution in [3.8, 4) is 0 Å². The number of hydrogen-bond donors (Lipinski definition) is 2. The first-order valence-corrected chi connectivity index (χ1v) is 4.92. The van der Waals surface area contributed by atoms with Gasteiger partial charge in [-0.05, 0) is 31.3 Å². The van der Waals surface area contributed by atoms with Gasteiger partial charge in [0.15, 0.2) is 5.82 Å². The molecule has 0 aliphatic carbocycles. The molecule has 0 amide bonds. The highest BCUT2D eigenvalue weighted by atomic mass is 32.1. The molecule has 0 unspecified atom stereocenters. The predicted molar refractivity (Wildman–Crippen MR) is 61.7 cm³/mol. The zero-order valence-corrected chi connectivity index (χ0v) is 9.01. The fourth-order valence-corrected chi connectivity index (χ4v) is 1.31. The molecule has 2 aromatic rings. The van der Waals surface area contributed by atoms with Gasteiger partial charge in [-0.2, -0.15) is 10.1 Å². The summed E-state index contributed by atoms with van der Waals surface area (Å²) in [5.41, 5.74) is 1.75. The van der Waals surface area contributed by atoms with E-state index >= 15 is 0 Å². The van der Waals surface area contributed by atoms with Gasteiger partial charge in [-0.3, -0.25) is 5.10 Å². The summed E-state index contributed by atoms with van der Waals surface area (Å²) >= 11 is 4.91. The predicted octanol–water partition coefficient (Wildman–Crippen LogP) is 2.59. The molecule has 1 aromatic heterocycles. The van der Waals surface area contributed by atoms with Crippen LogP contribution in [0.5, 0.6) is 0 Å². The van der Waals surface area contributed by atoms with Crippen molar-refractivity contribution < 1.29 is 0 Å². The largest absolute Gasteiger partial charge is 0.339 e. The maximum Gasteiger partial charge on any atom is 0.215 e. The Morgan fingerprint density at radius 3 is 2.73 bits per heavy atom. The van der Waals surface area contributed by atoms with E-state index in [-0.39, 0.29) is 0 Å². The van der Waals surface area contributed by atoms with Gasteiger partial charge >= 0.3 is 0 Å². The topological polar surface area (TPSA) is 53.6 Å². The van der Waals surface area contributed by atoms with E-state index in [0.29, 0.717) is 10.6 Å². The SMILES string of the molecule is Cc1n[nH]c(=S)nc1Nc1ccccc1. The highest BCUT2D eigenvalue weighted by Gasteiger charge is 2.00. The van der Waals surface area contributed by atoms with E-state index in [0.717, 1.165) is 11.4 Å². The Labute approximate surface area is 92.4 Å². The number of hydrogen-bond acceptors (Lipinski definition) is 4. The van der Waals surface area contributed by atoms with Gasteiger partial charge in [0, 0.05) is 5.69 Å². The fourth-order valence-electron chi connectivity index (χ4n) is 1.17. The summed E-state index contributed by atoms with van der Waals surface area (Å²) in [5, 5.41) is 9.81. The second kappa shape index (κ2) is 4.18. The number of benzene rings is 1. The Morgan fingerprint density at radius 2 is 2.00 bits per heavy atom. The van der Waals surface area contributed by atoms with E-state index < -0.39 is 0 Å². The molecule has 0 aliphatic heterocycles. The highest BCUT2D eigenvalue weighted by molar-refractivity contribution is 7.71. The fraction of sp³-hybridized carbons (Fsp3) is 0.100. The first kappa shape index (κ1) is 9.79. The third-order valence-electron chi connectivity index (χ3n) is 1.91. The van der Waals surface area contributed by atoms with E-state index in [1.165, 1.54) is 0 Å². The van der Waals surface area contributed by atoms with Gasteiger partial charge in [0.1, 0.15) is 5.69 Å². The number of aromatic amines is 1. The van der Waals surface area contributed by atoms with Crippen molar-refractivity contribution in [1.82, 2.24) is 15.2 Å². The summed E-state index contributed by atoms with van der Waals surface area (Å²) in [6.45, 7) is 1.86. The lowest BCUT2D eigenvalue weighted by molar-refractivity contribution is 0.914. The molecule has 0 radical (unpaired) electrons. The van der Waals surface area contributed by atoms with Gasteiger partial charge in [0.05, 0.1) is 0 Å². The number of para-hydroxylation sites is 1. The molecule has 1 heterocycles. The molecular formula is C10H10N4S. The monoisotopic (exact) mass is 218 g/mol. The number of anilines is 2. The van der Waals surface area contributed by atoms with Crippen LogP contribution in [0.1, 0.15) is 5.69 Å². The van der Waals surface area contributed by atoms with Crippen molar-refractivity contribution in [2.45, 2.75) is 6.92 Å². The molecule has 4 nitrogen and oxygen atoms in total. The van der Waals surface area contributed by atoms with Gasteiger partial charge in [-0.1, -0.05) is 18.2 Å². The Balaban J connectivity index is 2.32. The summed E-state index contributed by atoms with van der Waals surface area (Å²) in [5.74, 6) is 0.685. The number of aryl methyl sites for hydroxylation is 1. The van der Waals surface area contributed by atoms with Crippen molar-refractivity contribution in [1.29, 1.82) is 0 Å². The Bertz CT molecular complexity index is 506. The minimum absolute atomic E-state index is 0.374. The van der Waals surface area contributed by atoms with Crippen molar-refractivity contribution in [3.05, 3.63) is 40.8 Å². The van der Waals surface area contributed by atoms with E-state index in [9.17, 15) is 0 Å². The maximum atomic E-state index is 4.91. The van der Waals surface area contributed by atoms with Gasteiger partial charge in [0.25, 0.3) is 0 Å². The minimum atomic E-state index is 0.374. The van der Waals surface area contributed by atoms with Gasteiger partial charge < -0.3 is 5.32 Å². The van der Waals surface area contributed by atoms with Crippen LogP contribution < -0.4 is 5.32 Å². The van der Waals surface area contributed by atoms with E-state index in [4.69, 9.17) is 12.2 Å². The zero-order valence-electron chi connectivity index (χ0n) is 8.19. The molecule has 15 heavy (non-hydrogen) atoms. The Kier molecular flexibility index (Phi) is 2.73. The molecule has 0 bridgehead atoms. The standard InChI is InChI=1S/C10H10N4S/c1-7-9(12-10(15)14-13-7)11-8-5-3-2-4-6-8/h2-6H,1H3,(H2,11,12,14,15). The summed E-state index contributed by atoms with van der Waals surface area (Å²) in [4.78, 5) is 4.15. The first-order chi connectivity index (χ1) is 7.25. The van der Waals surface area contributed by atoms with Crippen LogP contribution >= 0.6 is 12.2 Å². The van der Waals surface area contributed by atoms with Gasteiger partial charge in [-0.15, -0.1) is 0 Å². The third-order valence-corrected chi connectivity index (χ3v) is 2.09. The number of H-pyrrole nitrogens is 1. The minimum Gasteiger partial charge on any atom is -0.339 e. The van der Waals surface area contributed by atoms with Gasteiger partial charge in [0.2, 0.25) is 4.77 Å². The van der Waals surface area contributed by atoms with Crippen LogP contribution in [0.25, 0.3) is 0 Å². The first-order valence-electron chi connectivity index (χ1n) is 4.51. The molecule has 0 saturated carbocycles.